The van der Waals surface area contributed by atoms with Crippen LogP contribution in [0, 0.1) is 0 Å². The molecule has 0 spiro atoms. The predicted molar refractivity (Wildman–Crippen MR) is 75.5 cm³/mol. The van der Waals surface area contributed by atoms with Crippen LogP contribution in [0.25, 0.3) is 0 Å². The number of nitrogens with one attached hydrogen (secondary N) is 1. The average molecular weight is 307 g/mol. The second kappa shape index (κ2) is 5.94. The molecule has 0 radical (unpaired) electrons. The fraction of sp³-hybridized carbons (Fsp3) is 0.0714. The number of sulfonamides is 1. The molecule has 0 saturated heterocycles. The van der Waals surface area contributed by atoms with Crippen LogP contribution in [0.15, 0.2) is 53.4 Å². The van der Waals surface area contributed by atoms with E-state index in [2.05, 4.69) is 4.72 Å². The van der Waals surface area contributed by atoms with Gasteiger partial charge in [-0.05, 0) is 35.9 Å². The molecule has 0 atom stereocenters. The summed E-state index contributed by atoms with van der Waals surface area (Å²) in [4.78, 5) is 10.7. The normalized spacial score (nSPS) is 11.2. The van der Waals surface area contributed by atoms with E-state index in [4.69, 9.17) is 10.2 Å². The van der Waals surface area contributed by atoms with E-state index in [1.165, 1.54) is 30.3 Å². The van der Waals surface area contributed by atoms with E-state index < -0.39 is 16.0 Å². The quantitative estimate of drug-likeness (QED) is 0.778. The Morgan fingerprint density at radius 2 is 1.76 bits per heavy atom. The van der Waals surface area contributed by atoms with E-state index in [0.29, 0.717) is 5.56 Å². The number of aromatic hydroxyl groups is 1. The zero-order valence-electron chi connectivity index (χ0n) is 10.9. The van der Waals surface area contributed by atoms with E-state index in [9.17, 15) is 13.2 Å². The lowest BCUT2D eigenvalue weighted by Gasteiger charge is -2.07. The van der Waals surface area contributed by atoms with Crippen molar-refractivity contribution in [1.29, 1.82) is 0 Å². The van der Waals surface area contributed by atoms with Crippen molar-refractivity contribution >= 4 is 16.0 Å². The van der Waals surface area contributed by atoms with Crippen molar-refractivity contribution in [1.82, 2.24) is 4.72 Å². The monoisotopic (exact) mass is 307 g/mol. The van der Waals surface area contributed by atoms with Crippen molar-refractivity contribution in [3.05, 3.63) is 59.7 Å². The van der Waals surface area contributed by atoms with Crippen LogP contribution in [0.4, 0.5) is 0 Å². The van der Waals surface area contributed by atoms with Gasteiger partial charge < -0.3 is 10.2 Å². The van der Waals surface area contributed by atoms with Gasteiger partial charge in [-0.25, -0.2) is 17.9 Å². The van der Waals surface area contributed by atoms with Gasteiger partial charge in [-0.1, -0.05) is 18.2 Å². The second-order valence-electron chi connectivity index (χ2n) is 4.32. The van der Waals surface area contributed by atoms with E-state index >= 15 is 0 Å². The van der Waals surface area contributed by atoms with Crippen LogP contribution in [0.3, 0.4) is 0 Å². The molecular formula is C14H13NO5S. The van der Waals surface area contributed by atoms with Gasteiger partial charge in [0.2, 0.25) is 10.0 Å². The number of rotatable bonds is 5. The Labute approximate surface area is 121 Å². The van der Waals surface area contributed by atoms with Gasteiger partial charge in [0.1, 0.15) is 5.75 Å². The van der Waals surface area contributed by atoms with Gasteiger partial charge in [0.25, 0.3) is 0 Å². The predicted octanol–water partition coefficient (Wildman–Crippen LogP) is 1.57. The SMILES string of the molecule is O=C(O)c1cccc(S(=O)(=O)NCc2ccc(O)cc2)c1. The number of benzene rings is 2. The molecule has 0 amide bonds. The smallest absolute Gasteiger partial charge is 0.335 e. The Morgan fingerprint density at radius 1 is 1.10 bits per heavy atom. The largest absolute Gasteiger partial charge is 0.508 e. The summed E-state index contributed by atoms with van der Waals surface area (Å²) in [5, 5.41) is 18.0. The van der Waals surface area contributed by atoms with Crippen LogP contribution >= 0.6 is 0 Å². The van der Waals surface area contributed by atoms with Crippen LogP contribution < -0.4 is 4.72 Å². The number of aromatic carboxylic acids is 1. The first-order valence-electron chi connectivity index (χ1n) is 5.99. The molecule has 7 heteroatoms. The Balaban J connectivity index is 2.16. The lowest BCUT2D eigenvalue weighted by atomic mass is 10.2. The first-order valence-corrected chi connectivity index (χ1v) is 7.48. The minimum atomic E-state index is -3.80. The third-order valence-corrected chi connectivity index (χ3v) is 4.19. The number of hydrogen-bond donors (Lipinski definition) is 3. The number of carboxylic acid groups (broad SMARTS) is 1. The van der Waals surface area contributed by atoms with E-state index in [0.717, 1.165) is 6.07 Å². The molecule has 0 bridgehead atoms. The summed E-state index contributed by atoms with van der Waals surface area (Å²) in [7, 11) is -3.80. The Hall–Kier alpha value is -2.38. The van der Waals surface area contributed by atoms with Crippen LogP contribution in [-0.4, -0.2) is 24.6 Å². The molecule has 0 fully saturated rings. The molecule has 2 aromatic rings. The summed E-state index contributed by atoms with van der Waals surface area (Å²) in [6.07, 6.45) is 0. The van der Waals surface area contributed by atoms with E-state index in [1.54, 1.807) is 12.1 Å². The van der Waals surface area contributed by atoms with Gasteiger partial charge in [-0.2, -0.15) is 0 Å². The van der Waals surface area contributed by atoms with Crippen molar-refractivity contribution in [2.24, 2.45) is 0 Å². The summed E-state index contributed by atoms with van der Waals surface area (Å²) in [5.74, 6) is -1.10. The molecule has 0 aliphatic rings. The zero-order valence-corrected chi connectivity index (χ0v) is 11.7. The molecule has 2 rings (SSSR count). The minimum absolute atomic E-state index is 0.0416. The van der Waals surface area contributed by atoms with Crippen molar-refractivity contribution in [2.45, 2.75) is 11.4 Å². The summed E-state index contributed by atoms with van der Waals surface area (Å²) in [6.45, 7) is 0.0416. The van der Waals surface area contributed by atoms with Gasteiger partial charge in [-0.3, -0.25) is 0 Å². The number of carbonyl (C=O) groups is 1. The van der Waals surface area contributed by atoms with Crippen molar-refractivity contribution in [3.8, 4) is 5.75 Å². The van der Waals surface area contributed by atoms with E-state index in [-0.39, 0.29) is 22.8 Å². The minimum Gasteiger partial charge on any atom is -0.508 e. The number of hydrogen-bond acceptors (Lipinski definition) is 4. The summed E-state index contributed by atoms with van der Waals surface area (Å²) < 4.78 is 26.6. The molecule has 3 N–H and O–H groups in total. The molecule has 0 aliphatic carbocycles. The molecule has 0 aromatic heterocycles. The number of phenolic OH excluding ortho intramolecular Hbond substituents is 1. The number of carboxylic acids is 1. The summed E-state index contributed by atoms with van der Waals surface area (Å²) >= 11 is 0. The third-order valence-electron chi connectivity index (χ3n) is 2.79. The Bertz CT molecular complexity index is 753. The topological polar surface area (TPSA) is 104 Å². The molecule has 0 aliphatic heterocycles. The molecular weight excluding hydrogens is 294 g/mol. The third kappa shape index (κ3) is 3.80. The molecule has 2 aromatic carbocycles. The van der Waals surface area contributed by atoms with Gasteiger partial charge >= 0.3 is 5.97 Å². The fourth-order valence-electron chi connectivity index (χ4n) is 1.67. The first-order chi connectivity index (χ1) is 9.88. The van der Waals surface area contributed by atoms with Gasteiger partial charge in [0.05, 0.1) is 10.5 Å². The van der Waals surface area contributed by atoms with Crippen LogP contribution in [0.2, 0.25) is 0 Å². The highest BCUT2D eigenvalue weighted by Gasteiger charge is 2.15. The molecule has 110 valence electrons. The van der Waals surface area contributed by atoms with E-state index in [1.807, 2.05) is 0 Å². The molecule has 0 heterocycles. The van der Waals surface area contributed by atoms with Crippen LogP contribution in [0.1, 0.15) is 15.9 Å². The van der Waals surface area contributed by atoms with Crippen molar-refractivity contribution in [3.63, 3.8) is 0 Å². The first kappa shape index (κ1) is 15.0. The second-order valence-corrected chi connectivity index (χ2v) is 6.09. The zero-order chi connectivity index (χ0) is 15.5. The lowest BCUT2D eigenvalue weighted by Crippen LogP contribution is -2.23. The van der Waals surface area contributed by atoms with Crippen LogP contribution in [-0.2, 0) is 16.6 Å². The standard InChI is InChI=1S/C14H13NO5S/c16-12-6-4-10(5-7-12)9-15-21(19,20)13-3-1-2-11(8-13)14(17)18/h1-8,15-16H,9H2,(H,17,18). The summed E-state index contributed by atoms with van der Waals surface area (Å²) in [6, 6.07) is 11.2. The molecule has 0 unspecified atom stereocenters. The lowest BCUT2D eigenvalue weighted by molar-refractivity contribution is 0.0696. The van der Waals surface area contributed by atoms with Gasteiger partial charge in [-0.15, -0.1) is 0 Å². The maximum atomic E-state index is 12.1. The highest BCUT2D eigenvalue weighted by Crippen LogP contribution is 2.13. The molecule has 21 heavy (non-hydrogen) atoms. The highest BCUT2D eigenvalue weighted by atomic mass is 32.2. The average Bonchev–Trinajstić information content (AvgIpc) is 2.47. The van der Waals surface area contributed by atoms with Crippen molar-refractivity contribution < 1.29 is 23.4 Å². The maximum Gasteiger partial charge on any atom is 0.335 e. The number of phenols is 1. The summed E-state index contributed by atoms with van der Waals surface area (Å²) in [5.41, 5.74) is 0.577. The molecule has 0 saturated carbocycles. The molecule has 6 nitrogen and oxygen atoms in total. The highest BCUT2D eigenvalue weighted by molar-refractivity contribution is 7.89. The van der Waals surface area contributed by atoms with Crippen LogP contribution in [0.5, 0.6) is 5.75 Å². The Kier molecular flexibility index (Phi) is 4.25. The van der Waals surface area contributed by atoms with Gasteiger partial charge in [0.15, 0.2) is 0 Å². The van der Waals surface area contributed by atoms with Gasteiger partial charge in [0, 0.05) is 6.54 Å². The maximum absolute atomic E-state index is 12.1. The Morgan fingerprint density at radius 3 is 2.38 bits per heavy atom. The fourth-order valence-corrected chi connectivity index (χ4v) is 2.73. The van der Waals surface area contributed by atoms with Crippen molar-refractivity contribution in [2.75, 3.05) is 0 Å².